The van der Waals surface area contributed by atoms with Crippen LogP contribution in [0.25, 0.3) is 0 Å². The summed E-state index contributed by atoms with van der Waals surface area (Å²) in [6.07, 6.45) is 3.80. The molecule has 6 nitrogen and oxygen atoms in total. The zero-order chi connectivity index (χ0) is 15.2. The quantitative estimate of drug-likeness (QED) is 0.634. The highest BCUT2D eigenvalue weighted by Crippen LogP contribution is 2.23. The highest BCUT2D eigenvalue weighted by atomic mass is 35.5. The van der Waals surface area contributed by atoms with Crippen molar-refractivity contribution in [3.63, 3.8) is 0 Å². The van der Waals surface area contributed by atoms with E-state index in [9.17, 15) is 13.2 Å². The number of likely N-dealkylation sites (N-methyl/N-ethyl adjacent to an activating group) is 1. The first-order valence-corrected chi connectivity index (χ1v) is 8.91. The van der Waals surface area contributed by atoms with Gasteiger partial charge >= 0.3 is 0 Å². The summed E-state index contributed by atoms with van der Waals surface area (Å²) in [5, 5.41) is 5.59. The van der Waals surface area contributed by atoms with Gasteiger partial charge in [0, 0.05) is 18.6 Å². The average molecular weight is 342 g/mol. The van der Waals surface area contributed by atoms with Crippen LogP contribution in [0.5, 0.6) is 0 Å². The van der Waals surface area contributed by atoms with Crippen LogP contribution in [0.2, 0.25) is 0 Å². The van der Waals surface area contributed by atoms with E-state index in [1.54, 1.807) is 7.05 Å². The van der Waals surface area contributed by atoms with Gasteiger partial charge in [0.15, 0.2) is 0 Å². The van der Waals surface area contributed by atoms with Crippen LogP contribution in [0.3, 0.4) is 0 Å². The van der Waals surface area contributed by atoms with Crippen molar-refractivity contribution in [3.05, 3.63) is 0 Å². The first-order chi connectivity index (χ1) is 9.32. The van der Waals surface area contributed by atoms with Gasteiger partial charge in [0.2, 0.25) is 15.9 Å². The first-order valence-electron chi connectivity index (χ1n) is 7.26. The van der Waals surface area contributed by atoms with Crippen molar-refractivity contribution >= 4 is 28.3 Å². The van der Waals surface area contributed by atoms with E-state index in [-0.39, 0.29) is 24.5 Å². The van der Waals surface area contributed by atoms with Crippen LogP contribution in [0.15, 0.2) is 0 Å². The molecule has 3 N–H and O–H groups in total. The molecule has 0 bridgehead atoms. The van der Waals surface area contributed by atoms with Gasteiger partial charge < -0.3 is 10.6 Å². The third kappa shape index (κ3) is 8.60. The van der Waals surface area contributed by atoms with Crippen molar-refractivity contribution in [2.45, 2.75) is 51.6 Å². The summed E-state index contributed by atoms with van der Waals surface area (Å²) in [5.41, 5.74) is 0. The summed E-state index contributed by atoms with van der Waals surface area (Å²) < 4.78 is 26.5. The van der Waals surface area contributed by atoms with E-state index in [2.05, 4.69) is 22.3 Å². The normalized spacial score (nSPS) is 24.0. The number of carbonyl (C=O) groups excluding carboxylic acids is 1. The highest BCUT2D eigenvalue weighted by Gasteiger charge is 2.24. The predicted octanol–water partition coefficient (Wildman–Crippen LogP) is 0.630. The Balaban J connectivity index is 0.00000400. The molecule has 1 saturated carbocycles. The predicted molar refractivity (Wildman–Crippen MR) is 87.1 cm³/mol. The van der Waals surface area contributed by atoms with Crippen molar-refractivity contribution in [1.82, 2.24) is 15.4 Å². The van der Waals surface area contributed by atoms with Crippen LogP contribution in [0, 0.1) is 5.92 Å². The minimum absolute atomic E-state index is 0. The van der Waals surface area contributed by atoms with Crippen molar-refractivity contribution in [2.24, 2.45) is 5.92 Å². The molecule has 1 aliphatic carbocycles. The molecule has 0 aromatic carbocycles. The van der Waals surface area contributed by atoms with Gasteiger partial charge in [-0.25, -0.2) is 13.1 Å². The molecular weight excluding hydrogens is 314 g/mol. The molecule has 1 rings (SSSR count). The monoisotopic (exact) mass is 341 g/mol. The molecule has 21 heavy (non-hydrogen) atoms. The third-order valence-electron chi connectivity index (χ3n) is 3.78. The molecule has 1 unspecified atom stereocenters. The van der Waals surface area contributed by atoms with E-state index in [0.717, 1.165) is 25.7 Å². The number of sulfonamides is 1. The maximum Gasteiger partial charge on any atom is 0.236 e. The van der Waals surface area contributed by atoms with Gasteiger partial charge in [-0.3, -0.25) is 4.79 Å². The second-order valence-corrected chi connectivity index (χ2v) is 7.58. The molecule has 1 amide bonds. The fourth-order valence-electron chi connectivity index (χ4n) is 2.27. The summed E-state index contributed by atoms with van der Waals surface area (Å²) in [7, 11) is -1.74. The van der Waals surface area contributed by atoms with Crippen molar-refractivity contribution < 1.29 is 13.2 Å². The van der Waals surface area contributed by atoms with E-state index in [1.807, 2.05) is 6.92 Å². The van der Waals surface area contributed by atoms with Crippen LogP contribution in [-0.2, 0) is 14.8 Å². The lowest BCUT2D eigenvalue weighted by atomic mass is 9.88. The summed E-state index contributed by atoms with van der Waals surface area (Å²) in [5.74, 6) is -0.277. The van der Waals surface area contributed by atoms with E-state index in [1.165, 1.54) is 0 Å². The van der Waals surface area contributed by atoms with Gasteiger partial charge in [-0.1, -0.05) is 6.92 Å². The lowest BCUT2D eigenvalue weighted by molar-refractivity contribution is -0.118. The Morgan fingerprint density at radius 3 is 2.33 bits per heavy atom. The Morgan fingerprint density at radius 2 is 1.81 bits per heavy atom. The minimum atomic E-state index is -3.53. The number of carbonyl (C=O) groups is 1. The van der Waals surface area contributed by atoms with E-state index >= 15 is 0 Å². The highest BCUT2D eigenvalue weighted by molar-refractivity contribution is 7.90. The van der Waals surface area contributed by atoms with Crippen molar-refractivity contribution in [3.8, 4) is 0 Å². The molecule has 0 aromatic heterocycles. The fraction of sp³-hybridized carbons (Fsp3) is 0.923. The molecule has 126 valence electrons. The van der Waals surface area contributed by atoms with E-state index in [4.69, 9.17) is 0 Å². The maximum atomic E-state index is 11.9. The Morgan fingerprint density at radius 1 is 1.24 bits per heavy atom. The molecule has 0 spiro atoms. The van der Waals surface area contributed by atoms with E-state index in [0.29, 0.717) is 12.5 Å². The van der Waals surface area contributed by atoms with Gasteiger partial charge in [0.05, 0.1) is 0 Å². The Hall–Kier alpha value is -0.370. The first kappa shape index (κ1) is 20.6. The molecule has 0 radical (unpaired) electrons. The van der Waals surface area contributed by atoms with Crippen molar-refractivity contribution in [1.29, 1.82) is 0 Å². The number of nitrogens with one attached hydrogen (secondary N) is 3. The lowest BCUT2D eigenvalue weighted by Gasteiger charge is -2.26. The molecule has 0 saturated heterocycles. The summed E-state index contributed by atoms with van der Waals surface area (Å²) in [4.78, 5) is 11.6. The summed E-state index contributed by atoms with van der Waals surface area (Å²) in [6, 6.07) is 0.106. The zero-order valence-corrected chi connectivity index (χ0v) is 14.6. The lowest BCUT2D eigenvalue weighted by Crippen LogP contribution is -2.44. The van der Waals surface area contributed by atoms with Crippen LogP contribution in [-0.4, -0.2) is 45.8 Å². The molecule has 1 aliphatic rings. The zero-order valence-electron chi connectivity index (χ0n) is 13.0. The van der Waals surface area contributed by atoms with Crippen LogP contribution in [0.1, 0.15) is 39.5 Å². The Labute approximate surface area is 134 Å². The van der Waals surface area contributed by atoms with Gasteiger partial charge in [0.25, 0.3) is 0 Å². The van der Waals surface area contributed by atoms with Crippen LogP contribution >= 0.6 is 12.4 Å². The largest absolute Gasteiger partial charge is 0.354 e. The van der Waals surface area contributed by atoms with Crippen LogP contribution < -0.4 is 15.4 Å². The maximum absolute atomic E-state index is 11.9. The smallest absolute Gasteiger partial charge is 0.236 e. The molecule has 8 heteroatoms. The number of hydrogen-bond donors (Lipinski definition) is 3. The number of hydrogen-bond acceptors (Lipinski definition) is 4. The average Bonchev–Trinajstić information content (AvgIpc) is 2.37. The second-order valence-electron chi connectivity index (χ2n) is 5.83. The molecule has 1 atom stereocenters. The number of halogens is 1. The number of rotatable bonds is 7. The third-order valence-corrected chi connectivity index (χ3v) is 5.12. The number of amides is 1. The second kappa shape index (κ2) is 9.61. The summed E-state index contributed by atoms with van der Waals surface area (Å²) >= 11 is 0. The van der Waals surface area contributed by atoms with Gasteiger partial charge in [-0.2, -0.15) is 0 Å². The SMILES string of the molecule is CNC(C)CNC(=O)CS(=O)(=O)NC1CCC(C)CC1.Cl. The Kier molecular flexibility index (Phi) is 9.44. The standard InChI is InChI=1S/C13H27N3O3S.ClH/c1-10-4-6-12(7-5-10)16-20(18,19)9-13(17)15-8-11(2)14-3;/h10-12,14,16H,4-9H2,1-3H3,(H,15,17);1H. The fourth-order valence-corrected chi connectivity index (χ4v) is 3.54. The van der Waals surface area contributed by atoms with Gasteiger partial charge in [-0.05, 0) is 45.6 Å². The minimum Gasteiger partial charge on any atom is -0.354 e. The van der Waals surface area contributed by atoms with E-state index < -0.39 is 21.7 Å². The van der Waals surface area contributed by atoms with Gasteiger partial charge in [-0.15, -0.1) is 12.4 Å². The topological polar surface area (TPSA) is 87.3 Å². The van der Waals surface area contributed by atoms with Crippen LogP contribution in [0.4, 0.5) is 0 Å². The summed E-state index contributed by atoms with van der Waals surface area (Å²) in [6.45, 7) is 4.52. The molecule has 0 heterocycles. The van der Waals surface area contributed by atoms with Crippen molar-refractivity contribution in [2.75, 3.05) is 19.3 Å². The molecule has 1 fully saturated rings. The molecular formula is C13H28ClN3O3S. The Bertz CT molecular complexity index is 409. The van der Waals surface area contributed by atoms with Gasteiger partial charge in [0.1, 0.15) is 5.75 Å². The molecule has 0 aliphatic heterocycles. The molecule has 0 aromatic rings.